The summed E-state index contributed by atoms with van der Waals surface area (Å²) in [6.45, 7) is 0.873. The molecule has 1 atom stereocenters. The van der Waals surface area contributed by atoms with Gasteiger partial charge in [-0.15, -0.1) is 0 Å². The molecule has 0 saturated carbocycles. The highest BCUT2D eigenvalue weighted by molar-refractivity contribution is 5.19. The Morgan fingerprint density at radius 2 is 2.00 bits per heavy atom. The van der Waals surface area contributed by atoms with Crippen molar-refractivity contribution >= 4 is 0 Å². The van der Waals surface area contributed by atoms with Gasteiger partial charge in [0.05, 0.1) is 12.6 Å². The molecule has 0 aliphatic heterocycles. The summed E-state index contributed by atoms with van der Waals surface area (Å²) in [5, 5.41) is 12.7. The molecule has 0 spiro atoms. The third-order valence-corrected chi connectivity index (χ3v) is 2.83. The number of aliphatic hydroxyl groups is 1. The summed E-state index contributed by atoms with van der Waals surface area (Å²) in [5.41, 5.74) is 2.34. The smallest absolute Gasteiger partial charge is 0.0626 e. The summed E-state index contributed by atoms with van der Waals surface area (Å²) in [4.78, 5) is 0. The number of aryl methyl sites for hydroxylation is 1. The van der Waals surface area contributed by atoms with Crippen molar-refractivity contribution in [2.75, 3.05) is 6.61 Å². The molecule has 1 aromatic carbocycles. The number of aliphatic hydroxyl groups excluding tert-OH is 1. The van der Waals surface area contributed by atoms with Gasteiger partial charge in [-0.3, -0.25) is 0 Å². The van der Waals surface area contributed by atoms with Crippen LogP contribution in [-0.4, -0.2) is 16.3 Å². The zero-order valence-corrected chi connectivity index (χ0v) is 10.0. The highest BCUT2D eigenvalue weighted by Gasteiger charge is 2.08. The maximum Gasteiger partial charge on any atom is 0.0626 e. The Bertz CT molecular complexity index is 450. The normalized spacial score (nSPS) is 12.6. The van der Waals surface area contributed by atoms with Crippen LogP contribution in [0.25, 0.3) is 0 Å². The van der Waals surface area contributed by atoms with Crippen molar-refractivity contribution in [1.82, 2.24) is 9.88 Å². The van der Waals surface area contributed by atoms with Gasteiger partial charge in [-0.1, -0.05) is 30.3 Å². The molecule has 0 aliphatic rings. The third-order valence-electron chi connectivity index (χ3n) is 2.83. The van der Waals surface area contributed by atoms with E-state index in [1.165, 1.54) is 5.56 Å². The Labute approximate surface area is 102 Å². The van der Waals surface area contributed by atoms with Crippen molar-refractivity contribution in [1.29, 1.82) is 0 Å². The number of rotatable bonds is 5. The van der Waals surface area contributed by atoms with E-state index in [-0.39, 0.29) is 12.6 Å². The molecule has 0 unspecified atom stereocenters. The van der Waals surface area contributed by atoms with Gasteiger partial charge in [-0.2, -0.15) is 0 Å². The largest absolute Gasteiger partial charge is 0.394 e. The third kappa shape index (κ3) is 3.19. The molecule has 1 aromatic heterocycles. The van der Waals surface area contributed by atoms with Crippen molar-refractivity contribution in [3.63, 3.8) is 0 Å². The van der Waals surface area contributed by atoms with Gasteiger partial charge in [0.1, 0.15) is 0 Å². The predicted molar refractivity (Wildman–Crippen MR) is 68.5 cm³/mol. The zero-order chi connectivity index (χ0) is 12.1. The average molecular weight is 230 g/mol. The van der Waals surface area contributed by atoms with Crippen molar-refractivity contribution in [3.05, 3.63) is 59.9 Å². The summed E-state index contributed by atoms with van der Waals surface area (Å²) in [6.07, 6.45) is 4.10. The number of aromatic nitrogens is 1. The van der Waals surface area contributed by atoms with Gasteiger partial charge in [-0.05, 0) is 17.2 Å². The van der Waals surface area contributed by atoms with Crippen molar-refractivity contribution < 1.29 is 5.11 Å². The fraction of sp³-hybridized carbons (Fsp3) is 0.286. The van der Waals surface area contributed by atoms with Gasteiger partial charge in [0, 0.05) is 26.0 Å². The highest BCUT2D eigenvalue weighted by Crippen LogP contribution is 2.12. The van der Waals surface area contributed by atoms with E-state index in [9.17, 15) is 5.11 Å². The molecule has 0 fully saturated rings. The number of nitrogens with one attached hydrogen (secondary N) is 1. The first-order valence-electron chi connectivity index (χ1n) is 5.79. The number of benzene rings is 1. The number of hydrogen-bond acceptors (Lipinski definition) is 2. The van der Waals surface area contributed by atoms with Crippen LogP contribution < -0.4 is 5.32 Å². The fourth-order valence-corrected chi connectivity index (χ4v) is 1.88. The van der Waals surface area contributed by atoms with Gasteiger partial charge >= 0.3 is 0 Å². The predicted octanol–water partition coefficient (Wildman–Crippen LogP) is 1.85. The maximum atomic E-state index is 9.39. The molecular weight excluding hydrogens is 212 g/mol. The SMILES string of the molecule is Cn1ccc(CN[C@@H](CO)c2ccccc2)c1. The minimum atomic E-state index is -0.00333. The Morgan fingerprint density at radius 3 is 2.59 bits per heavy atom. The van der Waals surface area contributed by atoms with Crippen LogP contribution >= 0.6 is 0 Å². The van der Waals surface area contributed by atoms with E-state index < -0.39 is 0 Å². The first kappa shape index (κ1) is 11.9. The lowest BCUT2D eigenvalue weighted by molar-refractivity contribution is 0.243. The first-order valence-corrected chi connectivity index (χ1v) is 5.79. The maximum absolute atomic E-state index is 9.39. The monoisotopic (exact) mass is 230 g/mol. The molecule has 90 valence electrons. The standard InChI is InChI=1S/C14H18N2O/c1-16-8-7-12(10-16)9-15-14(11-17)13-5-3-2-4-6-13/h2-8,10,14-15,17H,9,11H2,1H3/t14-/m0/s1. The van der Waals surface area contributed by atoms with Crippen LogP contribution in [0.1, 0.15) is 17.2 Å². The number of nitrogens with zero attached hydrogens (tertiary/aromatic N) is 1. The summed E-state index contributed by atoms with van der Waals surface area (Å²) in [5.74, 6) is 0. The Kier molecular flexibility index (Phi) is 3.96. The van der Waals surface area contributed by atoms with Gasteiger partial charge < -0.3 is 15.0 Å². The second-order valence-electron chi connectivity index (χ2n) is 4.21. The molecule has 0 radical (unpaired) electrons. The molecule has 2 rings (SSSR count). The summed E-state index contributed by atoms with van der Waals surface area (Å²) in [7, 11) is 2.00. The van der Waals surface area contributed by atoms with Gasteiger partial charge in [0.15, 0.2) is 0 Å². The van der Waals surface area contributed by atoms with Gasteiger partial charge in [0.25, 0.3) is 0 Å². The molecule has 1 heterocycles. The van der Waals surface area contributed by atoms with Gasteiger partial charge in [-0.25, -0.2) is 0 Å². The Balaban J connectivity index is 1.97. The lowest BCUT2D eigenvalue weighted by Gasteiger charge is -2.16. The summed E-state index contributed by atoms with van der Waals surface area (Å²) in [6, 6.07) is 12.1. The van der Waals surface area contributed by atoms with E-state index in [1.807, 2.05) is 48.1 Å². The minimum absolute atomic E-state index is 0.00333. The lowest BCUT2D eigenvalue weighted by atomic mass is 10.1. The molecule has 2 aromatic rings. The molecule has 0 saturated heterocycles. The van der Waals surface area contributed by atoms with E-state index in [1.54, 1.807) is 0 Å². The van der Waals surface area contributed by atoms with E-state index in [0.29, 0.717) is 0 Å². The van der Waals surface area contributed by atoms with Crippen molar-refractivity contribution in [2.24, 2.45) is 7.05 Å². The van der Waals surface area contributed by atoms with E-state index in [0.717, 1.165) is 12.1 Å². The summed E-state index contributed by atoms with van der Waals surface area (Å²) >= 11 is 0. The second-order valence-corrected chi connectivity index (χ2v) is 4.21. The van der Waals surface area contributed by atoms with Crippen LogP contribution in [0, 0.1) is 0 Å². The van der Waals surface area contributed by atoms with Gasteiger partial charge in [0.2, 0.25) is 0 Å². The van der Waals surface area contributed by atoms with Crippen LogP contribution in [0.3, 0.4) is 0 Å². The molecule has 3 nitrogen and oxygen atoms in total. The van der Waals surface area contributed by atoms with E-state index in [4.69, 9.17) is 0 Å². The molecule has 0 amide bonds. The minimum Gasteiger partial charge on any atom is -0.394 e. The van der Waals surface area contributed by atoms with E-state index in [2.05, 4.69) is 17.6 Å². The van der Waals surface area contributed by atoms with Crippen LogP contribution in [0.15, 0.2) is 48.8 Å². The highest BCUT2D eigenvalue weighted by atomic mass is 16.3. The molecule has 0 aliphatic carbocycles. The fourth-order valence-electron chi connectivity index (χ4n) is 1.88. The van der Waals surface area contributed by atoms with Crippen LogP contribution in [0.5, 0.6) is 0 Å². The Hall–Kier alpha value is -1.58. The molecule has 17 heavy (non-hydrogen) atoms. The van der Waals surface area contributed by atoms with Crippen LogP contribution in [0.4, 0.5) is 0 Å². The zero-order valence-electron chi connectivity index (χ0n) is 10.0. The molecular formula is C14H18N2O. The van der Waals surface area contributed by atoms with Crippen LogP contribution in [-0.2, 0) is 13.6 Å². The van der Waals surface area contributed by atoms with Crippen molar-refractivity contribution in [3.8, 4) is 0 Å². The summed E-state index contributed by atoms with van der Waals surface area (Å²) < 4.78 is 2.02. The van der Waals surface area contributed by atoms with Crippen LogP contribution in [0.2, 0.25) is 0 Å². The molecule has 3 heteroatoms. The second kappa shape index (κ2) is 5.66. The molecule has 0 bridgehead atoms. The number of hydrogen-bond donors (Lipinski definition) is 2. The topological polar surface area (TPSA) is 37.2 Å². The van der Waals surface area contributed by atoms with Crippen molar-refractivity contribution in [2.45, 2.75) is 12.6 Å². The average Bonchev–Trinajstić information content (AvgIpc) is 2.77. The lowest BCUT2D eigenvalue weighted by Crippen LogP contribution is -2.23. The van der Waals surface area contributed by atoms with E-state index >= 15 is 0 Å². The quantitative estimate of drug-likeness (QED) is 0.822. The Morgan fingerprint density at radius 1 is 1.24 bits per heavy atom. The first-order chi connectivity index (χ1) is 8.29. The molecule has 2 N–H and O–H groups in total.